The van der Waals surface area contributed by atoms with Gasteiger partial charge in [0.2, 0.25) is 5.91 Å². The summed E-state index contributed by atoms with van der Waals surface area (Å²) in [5.41, 5.74) is 0.973. The summed E-state index contributed by atoms with van der Waals surface area (Å²) in [5.74, 6) is -1.43. The Bertz CT molecular complexity index is 759. The zero-order valence-corrected chi connectivity index (χ0v) is 12.7. The van der Waals surface area contributed by atoms with Crippen molar-refractivity contribution >= 4 is 23.0 Å². The van der Waals surface area contributed by atoms with E-state index in [2.05, 4.69) is 10.1 Å². The highest BCUT2D eigenvalue weighted by atomic mass is 16.5. The van der Waals surface area contributed by atoms with Crippen LogP contribution in [0.15, 0.2) is 27.4 Å². The van der Waals surface area contributed by atoms with Gasteiger partial charge in [0.15, 0.2) is 5.58 Å². The lowest BCUT2D eigenvalue weighted by atomic mass is 10.2. The second kappa shape index (κ2) is 6.46. The molecule has 7 nitrogen and oxygen atoms in total. The number of nitrogens with one attached hydrogen (secondary N) is 1. The van der Waals surface area contributed by atoms with Gasteiger partial charge in [-0.15, -0.1) is 0 Å². The van der Waals surface area contributed by atoms with E-state index in [-0.39, 0.29) is 29.6 Å². The molecule has 2 aromatic rings. The van der Waals surface area contributed by atoms with Crippen molar-refractivity contribution < 1.29 is 18.7 Å². The number of benzene rings is 1. The Hall–Kier alpha value is -2.57. The number of esters is 1. The van der Waals surface area contributed by atoms with Gasteiger partial charge in [0.25, 0.3) is 0 Å². The lowest BCUT2D eigenvalue weighted by Crippen LogP contribution is -2.36. The fourth-order valence-corrected chi connectivity index (χ4v) is 2.03. The first-order valence-corrected chi connectivity index (χ1v) is 6.97. The molecule has 1 amide bonds. The normalized spacial score (nSPS) is 12.1. The number of hydrogen-bond donors (Lipinski definition) is 1. The molecule has 1 aromatic carbocycles. The molecule has 0 fully saturated rings. The van der Waals surface area contributed by atoms with Crippen LogP contribution >= 0.6 is 0 Å². The van der Waals surface area contributed by atoms with Crippen molar-refractivity contribution in [1.29, 1.82) is 0 Å². The number of carbonyl (C=O) groups is 2. The number of fused-ring (bicyclic) bond motifs is 1. The molecular formula is C15H18N2O5. The van der Waals surface area contributed by atoms with Gasteiger partial charge in [0.05, 0.1) is 18.2 Å². The van der Waals surface area contributed by atoms with Gasteiger partial charge in [-0.2, -0.15) is 0 Å². The highest BCUT2D eigenvalue weighted by Gasteiger charge is 2.15. The number of oxazole rings is 1. The quantitative estimate of drug-likeness (QED) is 0.841. The largest absolute Gasteiger partial charge is 0.465 e. The van der Waals surface area contributed by atoms with Crippen LogP contribution in [0, 0.1) is 0 Å². The SMILES string of the molecule is CCC(C)NC(=O)Cn1c(=O)oc2cc(C(=O)OC)ccc21. The minimum Gasteiger partial charge on any atom is -0.465 e. The minimum absolute atomic E-state index is 0.0345. The molecule has 0 saturated heterocycles. The maximum atomic E-state index is 11.9. The molecular weight excluding hydrogens is 288 g/mol. The smallest absolute Gasteiger partial charge is 0.420 e. The summed E-state index contributed by atoms with van der Waals surface area (Å²) in [4.78, 5) is 35.3. The molecule has 1 heterocycles. The summed E-state index contributed by atoms with van der Waals surface area (Å²) >= 11 is 0. The van der Waals surface area contributed by atoms with Crippen molar-refractivity contribution in [3.63, 3.8) is 0 Å². The average molecular weight is 306 g/mol. The molecule has 1 aromatic heterocycles. The number of nitrogens with zero attached hydrogens (tertiary/aromatic N) is 1. The standard InChI is InChI=1S/C15H18N2O5/c1-4-9(2)16-13(18)8-17-11-6-5-10(14(19)21-3)7-12(11)22-15(17)20/h5-7,9H,4,8H2,1-3H3,(H,16,18). The van der Waals surface area contributed by atoms with Crippen LogP contribution in [0.5, 0.6) is 0 Å². The van der Waals surface area contributed by atoms with Crippen LogP contribution in [0.1, 0.15) is 30.6 Å². The Morgan fingerprint density at radius 1 is 1.41 bits per heavy atom. The number of ether oxygens (including phenoxy) is 1. The summed E-state index contributed by atoms with van der Waals surface area (Å²) < 4.78 is 10.9. The van der Waals surface area contributed by atoms with E-state index in [1.807, 2.05) is 13.8 Å². The summed E-state index contributed by atoms with van der Waals surface area (Å²) in [7, 11) is 1.27. The van der Waals surface area contributed by atoms with Crippen molar-refractivity contribution in [3.05, 3.63) is 34.3 Å². The molecule has 0 aliphatic rings. The van der Waals surface area contributed by atoms with Gasteiger partial charge >= 0.3 is 11.7 Å². The molecule has 1 N–H and O–H groups in total. The molecule has 2 rings (SSSR count). The molecule has 0 aliphatic heterocycles. The summed E-state index contributed by atoms with van der Waals surface area (Å²) in [5, 5.41) is 2.78. The number of hydrogen-bond acceptors (Lipinski definition) is 5. The Kier molecular flexibility index (Phi) is 4.65. The molecule has 118 valence electrons. The van der Waals surface area contributed by atoms with Crippen LogP contribution < -0.4 is 11.1 Å². The fraction of sp³-hybridized carbons (Fsp3) is 0.400. The summed E-state index contributed by atoms with van der Waals surface area (Å²) in [6, 6.07) is 4.54. The lowest BCUT2D eigenvalue weighted by molar-refractivity contribution is -0.122. The second-order valence-electron chi connectivity index (χ2n) is 5.01. The highest BCUT2D eigenvalue weighted by molar-refractivity contribution is 5.93. The Balaban J connectivity index is 2.31. The van der Waals surface area contributed by atoms with Gasteiger partial charge in [0, 0.05) is 6.04 Å². The second-order valence-corrected chi connectivity index (χ2v) is 5.01. The van der Waals surface area contributed by atoms with Gasteiger partial charge in [-0.05, 0) is 31.5 Å². The Labute approximate surface area is 126 Å². The summed E-state index contributed by atoms with van der Waals surface area (Å²) in [6.45, 7) is 3.71. The lowest BCUT2D eigenvalue weighted by Gasteiger charge is -2.11. The van der Waals surface area contributed by atoms with E-state index in [9.17, 15) is 14.4 Å². The van der Waals surface area contributed by atoms with Crippen LogP contribution in [-0.2, 0) is 16.1 Å². The van der Waals surface area contributed by atoms with E-state index in [1.54, 1.807) is 6.07 Å². The van der Waals surface area contributed by atoms with Gasteiger partial charge in [-0.1, -0.05) is 6.92 Å². The third-order valence-corrected chi connectivity index (χ3v) is 3.41. The molecule has 7 heteroatoms. The van der Waals surface area contributed by atoms with Crippen molar-refractivity contribution in [2.45, 2.75) is 32.9 Å². The van der Waals surface area contributed by atoms with E-state index in [1.165, 1.54) is 23.8 Å². The number of amides is 1. The molecule has 0 spiro atoms. The van der Waals surface area contributed by atoms with Crippen LogP contribution in [-0.4, -0.2) is 29.6 Å². The molecule has 0 bridgehead atoms. The monoisotopic (exact) mass is 306 g/mol. The third kappa shape index (κ3) is 3.19. The molecule has 1 unspecified atom stereocenters. The van der Waals surface area contributed by atoms with E-state index in [0.29, 0.717) is 5.52 Å². The molecule has 22 heavy (non-hydrogen) atoms. The number of methoxy groups -OCH3 is 1. The van der Waals surface area contributed by atoms with Crippen molar-refractivity contribution in [3.8, 4) is 0 Å². The number of rotatable bonds is 5. The fourth-order valence-electron chi connectivity index (χ4n) is 2.03. The predicted molar refractivity (Wildman–Crippen MR) is 79.7 cm³/mol. The van der Waals surface area contributed by atoms with Crippen LogP contribution in [0.3, 0.4) is 0 Å². The van der Waals surface area contributed by atoms with Crippen molar-refractivity contribution in [2.75, 3.05) is 7.11 Å². The van der Waals surface area contributed by atoms with Gasteiger partial charge < -0.3 is 14.5 Å². The van der Waals surface area contributed by atoms with E-state index in [0.717, 1.165) is 6.42 Å². The average Bonchev–Trinajstić information content (AvgIpc) is 2.81. The molecule has 0 saturated carbocycles. The van der Waals surface area contributed by atoms with Gasteiger partial charge in [-0.25, -0.2) is 9.59 Å². The molecule has 0 aliphatic carbocycles. The molecule has 1 atom stereocenters. The van der Waals surface area contributed by atoms with Gasteiger partial charge in [0.1, 0.15) is 6.54 Å². The maximum absolute atomic E-state index is 11.9. The first kappa shape index (κ1) is 15.8. The van der Waals surface area contributed by atoms with Crippen LogP contribution in [0.4, 0.5) is 0 Å². The van der Waals surface area contributed by atoms with E-state index >= 15 is 0 Å². The minimum atomic E-state index is -0.642. The van der Waals surface area contributed by atoms with Crippen molar-refractivity contribution in [1.82, 2.24) is 9.88 Å². The van der Waals surface area contributed by atoms with Crippen LogP contribution in [0.2, 0.25) is 0 Å². The van der Waals surface area contributed by atoms with E-state index in [4.69, 9.17) is 4.42 Å². The summed E-state index contributed by atoms with van der Waals surface area (Å²) in [6.07, 6.45) is 0.801. The topological polar surface area (TPSA) is 90.5 Å². The first-order chi connectivity index (χ1) is 10.5. The van der Waals surface area contributed by atoms with Gasteiger partial charge in [-0.3, -0.25) is 9.36 Å². The number of carbonyl (C=O) groups excluding carboxylic acids is 2. The Morgan fingerprint density at radius 3 is 2.77 bits per heavy atom. The third-order valence-electron chi connectivity index (χ3n) is 3.41. The highest BCUT2D eigenvalue weighted by Crippen LogP contribution is 2.15. The maximum Gasteiger partial charge on any atom is 0.420 e. The Morgan fingerprint density at radius 2 is 2.14 bits per heavy atom. The van der Waals surface area contributed by atoms with Crippen LogP contribution in [0.25, 0.3) is 11.1 Å². The zero-order chi connectivity index (χ0) is 16.3. The molecule has 0 radical (unpaired) electrons. The predicted octanol–water partition coefficient (Wildman–Crippen LogP) is 1.30. The number of aromatic nitrogens is 1. The zero-order valence-electron chi connectivity index (χ0n) is 12.7. The van der Waals surface area contributed by atoms with Crippen molar-refractivity contribution in [2.24, 2.45) is 0 Å². The van der Waals surface area contributed by atoms with E-state index < -0.39 is 11.7 Å². The first-order valence-electron chi connectivity index (χ1n) is 6.97.